The number of carbonyl (C=O) groups excluding carboxylic acids is 2. The van der Waals surface area contributed by atoms with Gasteiger partial charge in [0.2, 0.25) is 0 Å². The monoisotopic (exact) mass is 328 g/mol. The molecule has 1 aromatic rings. The molecular formula is C15H25ClN4O2. The largest absolute Gasteiger partial charge is 0.352 e. The second-order valence-electron chi connectivity index (χ2n) is 5.35. The summed E-state index contributed by atoms with van der Waals surface area (Å²) in [5.41, 5.74) is 6.81. The number of nitrogens with one attached hydrogen (secondary N) is 3. The van der Waals surface area contributed by atoms with Crippen LogP contribution in [0, 0.1) is 0 Å². The summed E-state index contributed by atoms with van der Waals surface area (Å²) in [5, 5.41) is 8.22. The van der Waals surface area contributed by atoms with Gasteiger partial charge in [-0.05, 0) is 51.5 Å². The van der Waals surface area contributed by atoms with E-state index in [-0.39, 0.29) is 36.4 Å². The van der Waals surface area contributed by atoms with Gasteiger partial charge < -0.3 is 21.7 Å². The van der Waals surface area contributed by atoms with Crippen LogP contribution >= 0.6 is 12.4 Å². The Kier molecular flexibility index (Phi) is 9.21. The van der Waals surface area contributed by atoms with E-state index in [0.29, 0.717) is 17.8 Å². The third-order valence-corrected chi connectivity index (χ3v) is 2.71. The molecule has 0 aliphatic heterocycles. The minimum atomic E-state index is -0.265. The van der Waals surface area contributed by atoms with Crippen LogP contribution in [-0.2, 0) is 0 Å². The maximum atomic E-state index is 11.9. The van der Waals surface area contributed by atoms with Crippen molar-refractivity contribution in [2.75, 3.05) is 11.9 Å². The van der Waals surface area contributed by atoms with Crippen molar-refractivity contribution in [2.45, 2.75) is 39.3 Å². The quantitative estimate of drug-likeness (QED) is 0.644. The molecule has 0 heterocycles. The predicted molar refractivity (Wildman–Crippen MR) is 91.6 cm³/mol. The number of anilines is 1. The number of nitrogens with two attached hydrogens (primary N) is 1. The maximum absolute atomic E-state index is 11.9. The summed E-state index contributed by atoms with van der Waals surface area (Å²) in [6.07, 6.45) is 0.737. The summed E-state index contributed by atoms with van der Waals surface area (Å²) in [6.45, 7) is 6.21. The third kappa shape index (κ3) is 7.85. The molecule has 124 valence electrons. The maximum Gasteiger partial charge on any atom is 0.319 e. The molecule has 1 unspecified atom stereocenters. The summed E-state index contributed by atoms with van der Waals surface area (Å²) in [4.78, 5) is 23.4. The SMILES string of the molecule is CC(N)CCNC(=O)c1ccc(NC(=O)NC(C)C)cc1.Cl. The van der Waals surface area contributed by atoms with Crippen LogP contribution in [0.4, 0.5) is 10.5 Å². The van der Waals surface area contributed by atoms with Crippen LogP contribution in [0.15, 0.2) is 24.3 Å². The molecule has 1 aromatic carbocycles. The normalized spacial score (nSPS) is 11.3. The molecule has 0 bridgehead atoms. The lowest BCUT2D eigenvalue weighted by Gasteiger charge is -2.11. The van der Waals surface area contributed by atoms with Gasteiger partial charge in [0.1, 0.15) is 0 Å². The van der Waals surface area contributed by atoms with Crippen LogP contribution in [0.5, 0.6) is 0 Å². The van der Waals surface area contributed by atoms with Crippen LogP contribution in [0.3, 0.4) is 0 Å². The second kappa shape index (κ2) is 10.0. The van der Waals surface area contributed by atoms with Gasteiger partial charge in [0.15, 0.2) is 0 Å². The van der Waals surface area contributed by atoms with Crippen LogP contribution in [0.2, 0.25) is 0 Å². The highest BCUT2D eigenvalue weighted by Gasteiger charge is 2.07. The van der Waals surface area contributed by atoms with Crippen LogP contribution in [0.1, 0.15) is 37.6 Å². The number of halogens is 1. The first-order valence-electron chi connectivity index (χ1n) is 7.10. The van der Waals surface area contributed by atoms with Gasteiger partial charge in [-0.2, -0.15) is 0 Å². The van der Waals surface area contributed by atoms with E-state index in [0.717, 1.165) is 6.42 Å². The van der Waals surface area contributed by atoms with Gasteiger partial charge in [0, 0.05) is 29.9 Å². The zero-order valence-corrected chi connectivity index (χ0v) is 14.0. The van der Waals surface area contributed by atoms with Crippen molar-refractivity contribution in [1.82, 2.24) is 10.6 Å². The Morgan fingerprint density at radius 1 is 1.14 bits per heavy atom. The molecule has 0 saturated carbocycles. The molecule has 0 aliphatic carbocycles. The van der Waals surface area contributed by atoms with E-state index in [4.69, 9.17) is 5.73 Å². The van der Waals surface area contributed by atoms with E-state index in [1.54, 1.807) is 24.3 Å². The molecule has 22 heavy (non-hydrogen) atoms. The lowest BCUT2D eigenvalue weighted by molar-refractivity contribution is 0.0953. The van der Waals surface area contributed by atoms with Crippen molar-refractivity contribution in [1.29, 1.82) is 0 Å². The summed E-state index contributed by atoms with van der Waals surface area (Å²) in [7, 11) is 0. The number of hydrogen-bond acceptors (Lipinski definition) is 3. The fraction of sp³-hybridized carbons (Fsp3) is 0.467. The third-order valence-electron chi connectivity index (χ3n) is 2.71. The number of carbonyl (C=O) groups is 2. The van der Waals surface area contributed by atoms with Crippen molar-refractivity contribution in [3.8, 4) is 0 Å². The highest BCUT2D eigenvalue weighted by molar-refractivity contribution is 5.95. The molecule has 3 amide bonds. The Labute approximate surface area is 137 Å². The molecular weight excluding hydrogens is 304 g/mol. The minimum absolute atomic E-state index is 0. The second-order valence-corrected chi connectivity index (χ2v) is 5.35. The standard InChI is InChI=1S/C15H24N4O2.ClH/c1-10(2)18-15(21)19-13-6-4-12(5-7-13)14(20)17-9-8-11(3)16;/h4-7,10-11H,8-9,16H2,1-3H3,(H,17,20)(H2,18,19,21);1H. The fourth-order valence-electron chi connectivity index (χ4n) is 1.65. The van der Waals surface area contributed by atoms with Gasteiger partial charge in [-0.3, -0.25) is 4.79 Å². The topological polar surface area (TPSA) is 96.2 Å². The van der Waals surface area contributed by atoms with Gasteiger partial charge in [-0.1, -0.05) is 0 Å². The molecule has 0 fully saturated rings. The van der Waals surface area contributed by atoms with Crippen molar-refractivity contribution < 1.29 is 9.59 Å². The summed E-state index contributed by atoms with van der Waals surface area (Å²) < 4.78 is 0. The fourth-order valence-corrected chi connectivity index (χ4v) is 1.65. The first kappa shape index (κ1) is 20.2. The van der Waals surface area contributed by atoms with Crippen LogP contribution in [-0.4, -0.2) is 30.6 Å². The Morgan fingerprint density at radius 3 is 2.23 bits per heavy atom. The smallest absolute Gasteiger partial charge is 0.319 e. The predicted octanol–water partition coefficient (Wildman–Crippen LogP) is 2.11. The number of amides is 3. The molecule has 1 atom stereocenters. The van der Waals surface area contributed by atoms with E-state index >= 15 is 0 Å². The van der Waals surface area contributed by atoms with E-state index in [1.165, 1.54) is 0 Å². The molecule has 0 saturated heterocycles. The summed E-state index contributed by atoms with van der Waals surface area (Å²) >= 11 is 0. The molecule has 0 spiro atoms. The van der Waals surface area contributed by atoms with Gasteiger partial charge >= 0.3 is 6.03 Å². The molecule has 5 N–H and O–H groups in total. The Bertz CT molecular complexity index is 475. The molecule has 0 aromatic heterocycles. The number of benzene rings is 1. The van der Waals surface area contributed by atoms with Gasteiger partial charge in [-0.15, -0.1) is 12.4 Å². The lowest BCUT2D eigenvalue weighted by Crippen LogP contribution is -2.34. The van der Waals surface area contributed by atoms with Crippen LogP contribution < -0.4 is 21.7 Å². The number of rotatable bonds is 6. The Morgan fingerprint density at radius 2 is 1.73 bits per heavy atom. The van der Waals surface area contributed by atoms with E-state index in [1.807, 2.05) is 20.8 Å². The van der Waals surface area contributed by atoms with E-state index < -0.39 is 0 Å². The van der Waals surface area contributed by atoms with Crippen molar-refractivity contribution >= 4 is 30.0 Å². The van der Waals surface area contributed by atoms with Crippen molar-refractivity contribution in [2.24, 2.45) is 5.73 Å². The van der Waals surface area contributed by atoms with Gasteiger partial charge in [-0.25, -0.2) is 4.79 Å². The summed E-state index contributed by atoms with van der Waals surface area (Å²) in [6, 6.07) is 6.61. The zero-order valence-electron chi connectivity index (χ0n) is 13.2. The molecule has 0 radical (unpaired) electrons. The Hall–Kier alpha value is -1.79. The number of hydrogen-bond donors (Lipinski definition) is 4. The highest BCUT2D eigenvalue weighted by atomic mass is 35.5. The lowest BCUT2D eigenvalue weighted by atomic mass is 10.2. The molecule has 0 aliphatic rings. The van der Waals surface area contributed by atoms with Crippen molar-refractivity contribution in [3.05, 3.63) is 29.8 Å². The highest BCUT2D eigenvalue weighted by Crippen LogP contribution is 2.09. The first-order valence-corrected chi connectivity index (χ1v) is 7.10. The summed E-state index contributed by atoms with van der Waals surface area (Å²) in [5.74, 6) is -0.145. The van der Waals surface area contributed by atoms with E-state index in [9.17, 15) is 9.59 Å². The van der Waals surface area contributed by atoms with Crippen molar-refractivity contribution in [3.63, 3.8) is 0 Å². The molecule has 6 nitrogen and oxygen atoms in total. The van der Waals surface area contributed by atoms with E-state index in [2.05, 4.69) is 16.0 Å². The van der Waals surface area contributed by atoms with Gasteiger partial charge in [0.25, 0.3) is 5.91 Å². The molecule has 1 rings (SSSR count). The van der Waals surface area contributed by atoms with Gasteiger partial charge in [0.05, 0.1) is 0 Å². The molecule has 7 heteroatoms. The van der Waals surface area contributed by atoms with Crippen LogP contribution in [0.25, 0.3) is 0 Å². The number of urea groups is 1. The average Bonchev–Trinajstić information content (AvgIpc) is 2.37. The zero-order chi connectivity index (χ0) is 15.8. The Balaban J connectivity index is 0.00000441. The average molecular weight is 329 g/mol. The minimum Gasteiger partial charge on any atom is -0.352 e. The first-order chi connectivity index (χ1) is 9.88.